The van der Waals surface area contributed by atoms with Crippen LogP contribution in [0, 0.1) is 0 Å². The first-order valence-corrected chi connectivity index (χ1v) is 3.71. The molecule has 1 N–H and O–H groups in total. The van der Waals surface area contributed by atoms with Crippen LogP contribution >= 0.6 is 0 Å². The van der Waals surface area contributed by atoms with Crippen molar-refractivity contribution in [1.82, 2.24) is 0 Å². The van der Waals surface area contributed by atoms with E-state index in [2.05, 4.69) is 0 Å². The zero-order chi connectivity index (χ0) is 10.8. The number of quaternary nitrogens is 1. The van der Waals surface area contributed by atoms with Gasteiger partial charge in [-0.2, -0.15) is 0 Å². The van der Waals surface area contributed by atoms with E-state index in [1.165, 1.54) is 0 Å². The highest BCUT2D eigenvalue weighted by atomic mass is 16.2. The Hall–Kier alpha value is -1.40. The SMILES string of the molecule is CC(=O)[N+](C(C)=O)(C(C)=O)C(C)=O.[OH-]. The van der Waals surface area contributed by atoms with E-state index in [4.69, 9.17) is 0 Å². The minimum atomic E-state index is -1.33. The van der Waals surface area contributed by atoms with Crippen LogP contribution in [0.3, 0.4) is 0 Å². The fraction of sp³-hybridized carbons (Fsp3) is 0.500. The molecule has 0 bridgehead atoms. The average molecular weight is 203 g/mol. The van der Waals surface area contributed by atoms with Crippen LogP contribution in [0.15, 0.2) is 0 Å². The molecule has 0 aliphatic carbocycles. The number of nitrogens with zero attached hydrogens (tertiary/aromatic N) is 1. The Morgan fingerprint density at radius 2 is 0.786 bits per heavy atom. The third-order valence-corrected chi connectivity index (χ3v) is 1.89. The molecule has 0 rings (SSSR count). The van der Waals surface area contributed by atoms with Crippen molar-refractivity contribution in [2.75, 3.05) is 0 Å². The third kappa shape index (κ3) is 1.91. The van der Waals surface area contributed by atoms with E-state index < -0.39 is 28.1 Å². The normalized spacial score (nSPS) is 10.0. The van der Waals surface area contributed by atoms with E-state index in [-0.39, 0.29) is 5.48 Å². The van der Waals surface area contributed by atoms with Gasteiger partial charge in [0.15, 0.2) is 0 Å². The smallest absolute Gasteiger partial charge is 0.332 e. The molecule has 0 unspecified atom stereocenters. The first-order valence-electron chi connectivity index (χ1n) is 3.71. The number of imide groups is 6. The molecule has 0 saturated carbocycles. The molecule has 0 heterocycles. The molecular weight excluding hydrogens is 190 g/mol. The van der Waals surface area contributed by atoms with Crippen molar-refractivity contribution < 1.29 is 29.1 Å². The zero-order valence-electron chi connectivity index (χ0n) is 8.53. The van der Waals surface area contributed by atoms with Crippen LogP contribution in [0.4, 0.5) is 0 Å². The molecular formula is C8H13NO5. The number of hydrogen-bond donors (Lipinski definition) is 0. The second kappa shape index (κ2) is 4.73. The molecule has 0 aromatic rings. The molecule has 0 aromatic heterocycles. The molecule has 0 atom stereocenters. The molecule has 0 saturated heterocycles. The lowest BCUT2D eigenvalue weighted by Gasteiger charge is -2.22. The number of rotatable bonds is 0. The fourth-order valence-corrected chi connectivity index (χ4v) is 1.33. The lowest BCUT2D eigenvalue weighted by molar-refractivity contribution is -0.624. The molecule has 4 amide bonds. The lowest BCUT2D eigenvalue weighted by Crippen LogP contribution is -2.61. The van der Waals surface area contributed by atoms with Gasteiger partial charge in [0.05, 0.1) is 27.7 Å². The number of carbonyl (C=O) groups excluding carboxylic acids is 4. The van der Waals surface area contributed by atoms with E-state index in [1.807, 2.05) is 0 Å². The predicted molar refractivity (Wildman–Crippen MR) is 44.9 cm³/mol. The van der Waals surface area contributed by atoms with Gasteiger partial charge >= 0.3 is 23.6 Å². The van der Waals surface area contributed by atoms with Crippen molar-refractivity contribution in [2.24, 2.45) is 0 Å². The Balaban J connectivity index is 0. The fourth-order valence-electron chi connectivity index (χ4n) is 1.33. The molecule has 0 radical (unpaired) electrons. The van der Waals surface area contributed by atoms with Gasteiger partial charge in [0, 0.05) is 0 Å². The minimum Gasteiger partial charge on any atom is -0.870 e. The van der Waals surface area contributed by atoms with Crippen molar-refractivity contribution >= 4 is 23.6 Å². The molecule has 80 valence electrons. The van der Waals surface area contributed by atoms with E-state index in [0.717, 1.165) is 27.7 Å². The van der Waals surface area contributed by atoms with Gasteiger partial charge in [0.1, 0.15) is 0 Å². The summed E-state index contributed by atoms with van der Waals surface area (Å²) in [5.74, 6) is -3.08. The molecule has 14 heavy (non-hydrogen) atoms. The Labute approximate surface area is 81.4 Å². The monoisotopic (exact) mass is 203 g/mol. The van der Waals surface area contributed by atoms with Crippen molar-refractivity contribution in [2.45, 2.75) is 27.7 Å². The Morgan fingerprint density at radius 3 is 0.786 bits per heavy atom. The summed E-state index contributed by atoms with van der Waals surface area (Å²) < 4.78 is -1.33. The average Bonchev–Trinajstić information content (AvgIpc) is 1.82. The summed E-state index contributed by atoms with van der Waals surface area (Å²) in [6.45, 7) is 4.18. The van der Waals surface area contributed by atoms with Gasteiger partial charge in [0.25, 0.3) is 0 Å². The Bertz CT molecular complexity index is 233. The Kier molecular flexibility index (Phi) is 5.10. The van der Waals surface area contributed by atoms with Gasteiger partial charge in [-0.05, 0) is 0 Å². The van der Waals surface area contributed by atoms with Gasteiger partial charge in [-0.3, -0.25) is 0 Å². The van der Waals surface area contributed by atoms with Crippen LogP contribution in [-0.2, 0) is 19.2 Å². The summed E-state index contributed by atoms with van der Waals surface area (Å²) in [7, 11) is 0. The van der Waals surface area contributed by atoms with Gasteiger partial charge < -0.3 is 5.48 Å². The molecule has 0 aromatic carbocycles. The van der Waals surface area contributed by atoms with Crippen molar-refractivity contribution in [1.29, 1.82) is 0 Å². The summed E-state index contributed by atoms with van der Waals surface area (Å²) in [6.07, 6.45) is 0. The molecule has 6 heteroatoms. The summed E-state index contributed by atoms with van der Waals surface area (Å²) in [6, 6.07) is 0. The first-order chi connectivity index (χ1) is 5.77. The van der Waals surface area contributed by atoms with Crippen LogP contribution in [0.5, 0.6) is 0 Å². The van der Waals surface area contributed by atoms with Gasteiger partial charge in [-0.25, -0.2) is 19.2 Å². The van der Waals surface area contributed by atoms with Crippen LogP contribution in [-0.4, -0.2) is 33.6 Å². The molecule has 0 fully saturated rings. The number of hydrogen-bond acceptors (Lipinski definition) is 5. The largest absolute Gasteiger partial charge is 0.870 e. The predicted octanol–water partition coefficient (Wildman–Crippen LogP) is -0.188. The summed E-state index contributed by atoms with van der Waals surface area (Å²) in [5, 5.41) is 0. The van der Waals surface area contributed by atoms with Crippen molar-refractivity contribution in [3.8, 4) is 0 Å². The second-order valence-corrected chi connectivity index (χ2v) is 2.75. The van der Waals surface area contributed by atoms with Gasteiger partial charge in [-0.15, -0.1) is 0 Å². The number of carbonyl (C=O) groups is 4. The maximum absolute atomic E-state index is 11.1. The van der Waals surface area contributed by atoms with E-state index in [9.17, 15) is 19.2 Å². The standard InChI is InChI=1S/C8H12NO4.H2O/c1-5(10)9(6(2)11,7(3)12)8(4)13;/h1-4H3;1H2/q+1;/p-1. The summed E-state index contributed by atoms with van der Waals surface area (Å²) in [4.78, 5) is 44.4. The van der Waals surface area contributed by atoms with Crippen LogP contribution in [0.25, 0.3) is 0 Å². The molecule has 0 spiro atoms. The maximum atomic E-state index is 11.1. The van der Waals surface area contributed by atoms with Crippen LogP contribution < -0.4 is 0 Å². The van der Waals surface area contributed by atoms with Crippen LogP contribution in [0.1, 0.15) is 27.7 Å². The van der Waals surface area contributed by atoms with E-state index in [0.29, 0.717) is 0 Å². The zero-order valence-corrected chi connectivity index (χ0v) is 8.53. The number of amides is 4. The molecule has 0 aliphatic rings. The molecule has 6 nitrogen and oxygen atoms in total. The second-order valence-electron chi connectivity index (χ2n) is 2.75. The highest BCUT2D eigenvalue weighted by molar-refractivity contribution is 6.07. The highest BCUT2D eigenvalue weighted by Gasteiger charge is 2.49. The lowest BCUT2D eigenvalue weighted by atomic mass is 10.3. The van der Waals surface area contributed by atoms with Crippen molar-refractivity contribution in [3.63, 3.8) is 0 Å². The van der Waals surface area contributed by atoms with Gasteiger partial charge in [0.2, 0.25) is 0 Å². The topological polar surface area (TPSA) is 98.3 Å². The quantitative estimate of drug-likeness (QED) is 0.508. The van der Waals surface area contributed by atoms with Crippen molar-refractivity contribution in [3.05, 3.63) is 0 Å². The summed E-state index contributed by atoms with van der Waals surface area (Å²) >= 11 is 0. The highest BCUT2D eigenvalue weighted by Crippen LogP contribution is 2.10. The third-order valence-electron chi connectivity index (χ3n) is 1.89. The van der Waals surface area contributed by atoms with E-state index in [1.54, 1.807) is 0 Å². The van der Waals surface area contributed by atoms with E-state index >= 15 is 0 Å². The first kappa shape index (κ1) is 15.1. The van der Waals surface area contributed by atoms with Crippen LogP contribution in [0.2, 0.25) is 0 Å². The summed E-state index contributed by atoms with van der Waals surface area (Å²) in [5.41, 5.74) is 0. The Morgan fingerprint density at radius 1 is 0.643 bits per heavy atom. The maximum Gasteiger partial charge on any atom is 0.332 e. The minimum absolute atomic E-state index is 0. The van der Waals surface area contributed by atoms with Gasteiger partial charge in [-0.1, -0.05) is 4.48 Å². The molecule has 0 aliphatic heterocycles.